The Kier molecular flexibility index (Phi) is 4.66. The van der Waals surface area contributed by atoms with E-state index < -0.39 is 5.56 Å². The molecular formula is C12H10Cl2N4O3. The maximum absolute atomic E-state index is 11.2. The Morgan fingerprint density at radius 3 is 2.95 bits per heavy atom. The molecule has 0 aliphatic heterocycles. The number of aromatic hydroxyl groups is 1. The number of anilines is 1. The number of ether oxygens (including phenoxy) is 1. The van der Waals surface area contributed by atoms with E-state index in [1.54, 1.807) is 0 Å². The molecule has 21 heavy (non-hydrogen) atoms. The molecule has 0 bridgehead atoms. The monoisotopic (exact) mass is 328 g/mol. The third-order valence-electron chi connectivity index (χ3n) is 2.48. The lowest BCUT2D eigenvalue weighted by Gasteiger charge is -2.06. The van der Waals surface area contributed by atoms with Crippen molar-refractivity contribution in [2.45, 2.75) is 0 Å². The van der Waals surface area contributed by atoms with Crippen LogP contribution in [0.3, 0.4) is 0 Å². The number of phenols is 1. The van der Waals surface area contributed by atoms with E-state index in [2.05, 4.69) is 20.7 Å². The van der Waals surface area contributed by atoms with Crippen molar-refractivity contribution < 1.29 is 9.84 Å². The van der Waals surface area contributed by atoms with Crippen molar-refractivity contribution in [2.75, 3.05) is 12.5 Å². The number of halogens is 2. The number of hydrogen-bond donors (Lipinski definition) is 3. The van der Waals surface area contributed by atoms with Gasteiger partial charge < -0.3 is 9.84 Å². The lowest BCUT2D eigenvalue weighted by Crippen LogP contribution is -2.10. The number of rotatable bonds is 4. The Bertz CT molecular complexity index is 746. The smallest absolute Gasteiger partial charge is 0.285 e. The summed E-state index contributed by atoms with van der Waals surface area (Å²) in [5.74, 6) is 0.186. The van der Waals surface area contributed by atoms with E-state index in [-0.39, 0.29) is 27.2 Å². The molecule has 0 saturated carbocycles. The molecule has 1 aromatic heterocycles. The second-order valence-corrected chi connectivity index (χ2v) is 4.63. The number of phenolic OH excluding ortho intramolecular Hbond substituents is 1. The van der Waals surface area contributed by atoms with Gasteiger partial charge in [-0.1, -0.05) is 23.2 Å². The Morgan fingerprint density at radius 1 is 1.48 bits per heavy atom. The number of aromatic nitrogens is 2. The molecular weight excluding hydrogens is 319 g/mol. The van der Waals surface area contributed by atoms with Gasteiger partial charge >= 0.3 is 0 Å². The molecule has 0 unspecified atom stereocenters. The zero-order valence-corrected chi connectivity index (χ0v) is 12.2. The number of hydrogen-bond acceptors (Lipinski definition) is 6. The Labute approximate surface area is 129 Å². The molecule has 0 aliphatic rings. The molecule has 3 N–H and O–H groups in total. The molecule has 0 radical (unpaired) electrons. The van der Waals surface area contributed by atoms with Crippen LogP contribution in [0, 0.1) is 0 Å². The van der Waals surface area contributed by atoms with Crippen molar-refractivity contribution in [1.82, 2.24) is 10.2 Å². The largest absolute Gasteiger partial charge is 0.504 e. The molecule has 2 rings (SSSR count). The zero-order valence-electron chi connectivity index (χ0n) is 10.7. The predicted molar refractivity (Wildman–Crippen MR) is 80.8 cm³/mol. The Morgan fingerprint density at radius 2 is 2.24 bits per heavy atom. The second-order valence-electron chi connectivity index (χ2n) is 3.84. The van der Waals surface area contributed by atoms with Gasteiger partial charge in [0.2, 0.25) is 0 Å². The fourth-order valence-electron chi connectivity index (χ4n) is 1.45. The zero-order chi connectivity index (χ0) is 15.4. The molecule has 9 heteroatoms. The minimum Gasteiger partial charge on any atom is -0.504 e. The average Bonchev–Trinajstić information content (AvgIpc) is 2.45. The summed E-state index contributed by atoms with van der Waals surface area (Å²) in [6, 6.07) is 2.85. The predicted octanol–water partition coefficient (Wildman–Crippen LogP) is 2.24. The van der Waals surface area contributed by atoms with Crippen LogP contribution in [0.15, 0.2) is 28.2 Å². The topological polar surface area (TPSA) is 99.6 Å². The van der Waals surface area contributed by atoms with E-state index in [1.807, 2.05) is 0 Å². The minimum atomic E-state index is -0.527. The molecule has 0 amide bonds. The number of H-pyrrole nitrogens is 1. The van der Waals surface area contributed by atoms with E-state index >= 15 is 0 Å². The number of methoxy groups -OCH3 is 1. The number of nitrogens with one attached hydrogen (secondary N) is 2. The minimum absolute atomic E-state index is 0.0588. The maximum Gasteiger partial charge on any atom is 0.285 e. The lowest BCUT2D eigenvalue weighted by atomic mass is 10.2. The van der Waals surface area contributed by atoms with E-state index in [0.29, 0.717) is 5.56 Å². The molecule has 0 atom stereocenters. The molecule has 2 aromatic rings. The van der Waals surface area contributed by atoms with Crippen molar-refractivity contribution in [3.8, 4) is 11.5 Å². The van der Waals surface area contributed by atoms with Crippen LogP contribution in [0.2, 0.25) is 10.0 Å². The Balaban J connectivity index is 2.22. The molecule has 0 fully saturated rings. The molecule has 1 aromatic carbocycles. The van der Waals surface area contributed by atoms with Gasteiger partial charge in [-0.15, -0.1) is 0 Å². The second kappa shape index (κ2) is 6.47. The summed E-state index contributed by atoms with van der Waals surface area (Å²) < 4.78 is 4.97. The van der Waals surface area contributed by atoms with Gasteiger partial charge in [-0.3, -0.25) is 10.2 Å². The number of benzene rings is 1. The Hall–Kier alpha value is -2.25. The quantitative estimate of drug-likeness (QED) is 0.590. The van der Waals surface area contributed by atoms with E-state index in [0.717, 1.165) is 0 Å². The van der Waals surface area contributed by atoms with Crippen molar-refractivity contribution in [3.63, 3.8) is 0 Å². The van der Waals surface area contributed by atoms with Crippen LogP contribution in [-0.4, -0.2) is 28.6 Å². The van der Waals surface area contributed by atoms with Crippen molar-refractivity contribution >= 4 is 35.1 Å². The first kappa shape index (κ1) is 15.1. The number of hydrazone groups is 1. The summed E-state index contributed by atoms with van der Waals surface area (Å²) in [6.45, 7) is 0. The highest BCUT2D eigenvalue weighted by Gasteiger charge is 2.07. The first-order valence-corrected chi connectivity index (χ1v) is 6.37. The summed E-state index contributed by atoms with van der Waals surface area (Å²) in [6.07, 6.45) is 2.71. The van der Waals surface area contributed by atoms with Gasteiger partial charge in [-0.2, -0.15) is 10.2 Å². The SMILES string of the molecule is COc1cc(C=NNc2cn[nH]c(=O)c2Cl)c(Cl)cc1O. The van der Waals surface area contributed by atoms with E-state index in [1.165, 1.54) is 31.7 Å². The van der Waals surface area contributed by atoms with Gasteiger partial charge in [0, 0.05) is 11.6 Å². The highest BCUT2D eigenvalue weighted by molar-refractivity contribution is 6.33. The fraction of sp³-hybridized carbons (Fsp3) is 0.0833. The maximum atomic E-state index is 11.2. The van der Waals surface area contributed by atoms with Gasteiger partial charge in [0.1, 0.15) is 10.7 Å². The summed E-state index contributed by atoms with van der Waals surface area (Å²) >= 11 is 11.7. The summed E-state index contributed by atoms with van der Waals surface area (Å²) in [4.78, 5) is 11.2. The molecule has 1 heterocycles. The van der Waals surface area contributed by atoms with E-state index in [4.69, 9.17) is 27.9 Å². The van der Waals surface area contributed by atoms with Gasteiger partial charge in [-0.05, 0) is 6.07 Å². The number of aromatic amines is 1. The van der Waals surface area contributed by atoms with Crippen LogP contribution < -0.4 is 15.7 Å². The van der Waals surface area contributed by atoms with Crippen molar-refractivity contribution in [2.24, 2.45) is 5.10 Å². The van der Waals surface area contributed by atoms with Crippen LogP contribution in [0.1, 0.15) is 5.56 Å². The van der Waals surface area contributed by atoms with Crippen molar-refractivity contribution in [1.29, 1.82) is 0 Å². The molecule has 7 nitrogen and oxygen atoms in total. The highest BCUT2D eigenvalue weighted by atomic mass is 35.5. The highest BCUT2D eigenvalue weighted by Crippen LogP contribution is 2.31. The fourth-order valence-corrected chi connectivity index (χ4v) is 1.79. The summed E-state index contributed by atoms with van der Waals surface area (Å²) in [7, 11) is 1.42. The van der Waals surface area contributed by atoms with Crippen LogP contribution >= 0.6 is 23.2 Å². The normalized spacial score (nSPS) is 10.8. The van der Waals surface area contributed by atoms with Gasteiger partial charge in [0.25, 0.3) is 5.56 Å². The third kappa shape index (κ3) is 3.45. The number of nitrogens with zero attached hydrogens (tertiary/aromatic N) is 2. The van der Waals surface area contributed by atoms with Gasteiger partial charge in [-0.25, -0.2) is 5.10 Å². The van der Waals surface area contributed by atoms with E-state index in [9.17, 15) is 9.90 Å². The molecule has 0 saturated heterocycles. The molecule has 0 spiro atoms. The average molecular weight is 329 g/mol. The first-order valence-electron chi connectivity index (χ1n) is 5.61. The first-order chi connectivity index (χ1) is 10.0. The summed E-state index contributed by atoms with van der Waals surface area (Å²) in [5.41, 5.74) is 2.80. The summed E-state index contributed by atoms with van der Waals surface area (Å²) in [5, 5.41) is 19.5. The van der Waals surface area contributed by atoms with Crippen LogP contribution in [0.25, 0.3) is 0 Å². The molecule has 110 valence electrons. The molecule has 0 aliphatic carbocycles. The standard InChI is InChI=1S/C12H10Cl2N4O3/c1-21-10-2-6(7(13)3-9(10)19)4-15-17-8-5-16-18-12(20)11(8)14/h2-5,19H,1H3,(H2,17,18,20). The lowest BCUT2D eigenvalue weighted by molar-refractivity contribution is 0.373. The van der Waals surface area contributed by atoms with Crippen molar-refractivity contribution in [3.05, 3.63) is 44.3 Å². The van der Waals surface area contributed by atoms with Crippen LogP contribution in [-0.2, 0) is 0 Å². The van der Waals surface area contributed by atoms with Crippen LogP contribution in [0.5, 0.6) is 11.5 Å². The van der Waals surface area contributed by atoms with Gasteiger partial charge in [0.15, 0.2) is 11.5 Å². The van der Waals surface area contributed by atoms with Gasteiger partial charge in [0.05, 0.1) is 24.5 Å². The van der Waals surface area contributed by atoms with Crippen LogP contribution in [0.4, 0.5) is 5.69 Å². The third-order valence-corrected chi connectivity index (χ3v) is 3.18.